The molecule has 5 heterocycles. The molecule has 0 saturated carbocycles. The maximum atomic E-state index is 6.28. The van der Waals surface area contributed by atoms with Crippen molar-refractivity contribution < 1.29 is 4.74 Å². The Labute approximate surface area is 153 Å². The minimum absolute atomic E-state index is 0.139. The number of piperidine rings is 3. The van der Waals surface area contributed by atoms with Gasteiger partial charge in [-0.2, -0.15) is 0 Å². The molecule has 1 atom stereocenters. The molecule has 3 saturated heterocycles. The number of hydrogen-bond donors (Lipinski definition) is 1. The van der Waals surface area contributed by atoms with Gasteiger partial charge in [0.2, 0.25) is 5.95 Å². The van der Waals surface area contributed by atoms with E-state index in [4.69, 9.17) is 4.74 Å². The fourth-order valence-electron chi connectivity index (χ4n) is 4.41. The summed E-state index contributed by atoms with van der Waals surface area (Å²) < 4.78 is 6.28. The molecular formula is C20H23N5O. The summed E-state index contributed by atoms with van der Waals surface area (Å²) in [6, 6.07) is 8.89. The molecule has 2 bridgehead atoms. The molecular weight excluding hydrogens is 326 g/mol. The number of nitrogens with zero attached hydrogens (tertiary/aromatic N) is 4. The molecule has 6 rings (SSSR count). The summed E-state index contributed by atoms with van der Waals surface area (Å²) in [4.78, 5) is 16.0. The first-order valence-corrected chi connectivity index (χ1v) is 9.32. The standard InChI is InChI=1S/C20H23N5O/c1-14-3-2-4-15(9-14)16-10-21-18(22-11-16)24-19-23-12-20(26-19)13-25-7-5-17(20)6-8-25/h2-4,9-11,17H,5-8,12-13H2,1H3,(H,21,22,23,24). The number of aliphatic imine (C=N–C) groups is 1. The highest BCUT2D eigenvalue weighted by Gasteiger charge is 2.51. The largest absolute Gasteiger partial charge is 0.455 e. The molecule has 1 N–H and O–H groups in total. The lowest BCUT2D eigenvalue weighted by Crippen LogP contribution is -2.61. The van der Waals surface area contributed by atoms with Crippen LogP contribution in [0.15, 0.2) is 41.7 Å². The Morgan fingerprint density at radius 3 is 2.65 bits per heavy atom. The summed E-state index contributed by atoms with van der Waals surface area (Å²) in [7, 11) is 0. The van der Waals surface area contributed by atoms with Gasteiger partial charge >= 0.3 is 0 Å². The van der Waals surface area contributed by atoms with E-state index in [9.17, 15) is 0 Å². The first-order valence-electron chi connectivity index (χ1n) is 9.32. The van der Waals surface area contributed by atoms with Crippen molar-refractivity contribution in [2.24, 2.45) is 10.9 Å². The molecule has 4 aliphatic rings. The van der Waals surface area contributed by atoms with Crippen molar-refractivity contribution in [2.45, 2.75) is 25.4 Å². The number of benzene rings is 1. The minimum Gasteiger partial charge on any atom is -0.455 e. The Morgan fingerprint density at radius 1 is 1.15 bits per heavy atom. The predicted molar refractivity (Wildman–Crippen MR) is 101 cm³/mol. The van der Waals surface area contributed by atoms with Gasteiger partial charge in [-0.15, -0.1) is 0 Å². The van der Waals surface area contributed by atoms with Crippen LogP contribution in [0.25, 0.3) is 11.1 Å². The molecule has 4 aliphatic heterocycles. The minimum atomic E-state index is -0.139. The number of nitrogens with one attached hydrogen (secondary N) is 1. The monoisotopic (exact) mass is 349 g/mol. The summed E-state index contributed by atoms with van der Waals surface area (Å²) in [5.41, 5.74) is 3.21. The number of rotatable bonds is 2. The average molecular weight is 349 g/mol. The molecule has 1 unspecified atom stereocenters. The summed E-state index contributed by atoms with van der Waals surface area (Å²) in [5.74, 6) is 1.14. The number of fused-ring (bicyclic) bond motifs is 2. The van der Waals surface area contributed by atoms with Gasteiger partial charge in [-0.25, -0.2) is 15.0 Å². The van der Waals surface area contributed by atoms with Crippen molar-refractivity contribution >= 4 is 12.0 Å². The highest BCUT2D eigenvalue weighted by molar-refractivity contribution is 5.88. The van der Waals surface area contributed by atoms with Crippen LogP contribution in [0.4, 0.5) is 5.95 Å². The second kappa shape index (κ2) is 6.06. The molecule has 26 heavy (non-hydrogen) atoms. The molecule has 3 fully saturated rings. The van der Waals surface area contributed by atoms with Crippen LogP contribution in [-0.4, -0.2) is 52.7 Å². The lowest BCUT2D eigenvalue weighted by molar-refractivity contribution is -0.0829. The van der Waals surface area contributed by atoms with E-state index in [1.807, 2.05) is 18.5 Å². The lowest BCUT2D eigenvalue weighted by atomic mass is 9.75. The second-order valence-electron chi connectivity index (χ2n) is 7.63. The first kappa shape index (κ1) is 15.8. The molecule has 2 aromatic rings. The van der Waals surface area contributed by atoms with Crippen molar-refractivity contribution in [2.75, 3.05) is 31.5 Å². The zero-order chi connectivity index (χ0) is 17.6. The van der Waals surface area contributed by atoms with E-state index in [1.54, 1.807) is 0 Å². The number of amidine groups is 1. The Balaban J connectivity index is 1.27. The first-order chi connectivity index (χ1) is 12.7. The highest BCUT2D eigenvalue weighted by atomic mass is 16.5. The summed E-state index contributed by atoms with van der Waals surface area (Å²) in [6.07, 6.45) is 6.10. The Kier molecular flexibility index (Phi) is 3.67. The van der Waals surface area contributed by atoms with Gasteiger partial charge in [-0.3, -0.25) is 10.2 Å². The van der Waals surface area contributed by atoms with Crippen LogP contribution < -0.4 is 5.32 Å². The average Bonchev–Trinajstić information content (AvgIpc) is 3.05. The Bertz CT molecular complexity index is 842. The molecule has 6 heteroatoms. The van der Waals surface area contributed by atoms with Gasteiger partial charge in [-0.05, 0) is 38.4 Å². The van der Waals surface area contributed by atoms with Crippen LogP contribution >= 0.6 is 0 Å². The normalized spacial score (nSPS) is 29.5. The van der Waals surface area contributed by atoms with Crippen LogP contribution in [0.1, 0.15) is 18.4 Å². The fraction of sp³-hybridized carbons (Fsp3) is 0.450. The van der Waals surface area contributed by atoms with E-state index in [1.165, 1.54) is 31.5 Å². The third-order valence-corrected chi connectivity index (χ3v) is 5.84. The second-order valence-corrected chi connectivity index (χ2v) is 7.63. The molecule has 0 amide bonds. The third-order valence-electron chi connectivity index (χ3n) is 5.84. The zero-order valence-electron chi connectivity index (χ0n) is 15.0. The number of aromatic nitrogens is 2. The molecule has 134 valence electrons. The molecule has 0 radical (unpaired) electrons. The van der Waals surface area contributed by atoms with Gasteiger partial charge in [-0.1, -0.05) is 29.8 Å². The predicted octanol–water partition coefficient (Wildman–Crippen LogP) is 2.71. The SMILES string of the molecule is Cc1cccc(-c2cnc(NC3=NCC4(CN5CCC4CC5)O3)nc2)c1. The van der Waals surface area contributed by atoms with Crippen LogP contribution in [0.5, 0.6) is 0 Å². The maximum absolute atomic E-state index is 6.28. The third kappa shape index (κ3) is 2.74. The van der Waals surface area contributed by atoms with E-state index < -0.39 is 0 Å². The van der Waals surface area contributed by atoms with Crippen molar-refractivity contribution in [3.05, 3.63) is 42.2 Å². The van der Waals surface area contributed by atoms with E-state index in [0.29, 0.717) is 17.9 Å². The fourth-order valence-corrected chi connectivity index (χ4v) is 4.41. The van der Waals surface area contributed by atoms with E-state index in [2.05, 4.69) is 50.3 Å². The van der Waals surface area contributed by atoms with Crippen molar-refractivity contribution in [3.8, 4) is 11.1 Å². The van der Waals surface area contributed by atoms with Gasteiger partial charge in [0.05, 0.1) is 6.54 Å². The van der Waals surface area contributed by atoms with Gasteiger partial charge in [0.1, 0.15) is 5.60 Å². The molecule has 0 aliphatic carbocycles. The van der Waals surface area contributed by atoms with E-state index in [-0.39, 0.29) is 5.60 Å². The Morgan fingerprint density at radius 2 is 1.96 bits per heavy atom. The number of hydrogen-bond acceptors (Lipinski definition) is 6. The van der Waals surface area contributed by atoms with Crippen LogP contribution in [0.2, 0.25) is 0 Å². The summed E-state index contributed by atoms with van der Waals surface area (Å²) in [6.45, 7) is 6.20. The van der Waals surface area contributed by atoms with Gasteiger partial charge in [0.25, 0.3) is 6.02 Å². The zero-order valence-corrected chi connectivity index (χ0v) is 15.0. The Hall–Kier alpha value is -2.47. The maximum Gasteiger partial charge on any atom is 0.292 e. The van der Waals surface area contributed by atoms with Gasteiger partial charge in [0.15, 0.2) is 0 Å². The molecule has 1 spiro atoms. The van der Waals surface area contributed by atoms with Crippen molar-refractivity contribution in [3.63, 3.8) is 0 Å². The van der Waals surface area contributed by atoms with Crippen LogP contribution in [0, 0.1) is 12.8 Å². The smallest absolute Gasteiger partial charge is 0.292 e. The summed E-state index contributed by atoms with van der Waals surface area (Å²) >= 11 is 0. The number of aryl methyl sites for hydroxylation is 1. The highest BCUT2D eigenvalue weighted by Crippen LogP contribution is 2.40. The molecule has 6 nitrogen and oxygen atoms in total. The molecule has 1 aromatic carbocycles. The van der Waals surface area contributed by atoms with Crippen molar-refractivity contribution in [1.29, 1.82) is 0 Å². The van der Waals surface area contributed by atoms with Gasteiger partial charge in [0, 0.05) is 30.4 Å². The van der Waals surface area contributed by atoms with Crippen LogP contribution in [-0.2, 0) is 4.74 Å². The van der Waals surface area contributed by atoms with Crippen molar-refractivity contribution in [1.82, 2.24) is 14.9 Å². The lowest BCUT2D eigenvalue weighted by Gasteiger charge is -2.50. The topological polar surface area (TPSA) is 62.6 Å². The number of anilines is 1. The van der Waals surface area contributed by atoms with Gasteiger partial charge < -0.3 is 4.74 Å². The quantitative estimate of drug-likeness (QED) is 0.903. The molecule has 1 aromatic heterocycles. The van der Waals surface area contributed by atoms with Crippen LogP contribution in [0.3, 0.4) is 0 Å². The van der Waals surface area contributed by atoms with E-state index >= 15 is 0 Å². The summed E-state index contributed by atoms with van der Waals surface area (Å²) in [5, 5.41) is 3.15. The van der Waals surface area contributed by atoms with E-state index in [0.717, 1.165) is 24.2 Å². The number of ether oxygens (including phenoxy) is 1.